The second-order valence-corrected chi connectivity index (χ2v) is 3.77. The van der Waals surface area contributed by atoms with Gasteiger partial charge in [-0.15, -0.1) is 0 Å². The topological polar surface area (TPSA) is 55.2 Å². The van der Waals surface area contributed by atoms with Crippen molar-refractivity contribution >= 4 is 5.69 Å². The minimum Gasteiger partial charge on any atom is -0.313 e. The monoisotopic (exact) mass is 220 g/mol. The highest BCUT2D eigenvalue weighted by molar-refractivity contribution is 5.39. The Morgan fingerprint density at radius 3 is 2.81 bits per heavy atom. The predicted molar refractivity (Wildman–Crippen MR) is 64.5 cm³/mol. The maximum absolute atomic E-state index is 10.7. The van der Waals surface area contributed by atoms with Crippen LogP contribution in [0.3, 0.4) is 0 Å². The van der Waals surface area contributed by atoms with Crippen LogP contribution in [0.15, 0.2) is 36.4 Å². The summed E-state index contributed by atoms with van der Waals surface area (Å²) < 4.78 is 0. The molecule has 0 aliphatic heterocycles. The van der Waals surface area contributed by atoms with Gasteiger partial charge in [-0.2, -0.15) is 0 Å². The molecule has 4 nitrogen and oxygen atoms in total. The van der Waals surface area contributed by atoms with Gasteiger partial charge in [-0.3, -0.25) is 10.1 Å². The van der Waals surface area contributed by atoms with Gasteiger partial charge in [0.25, 0.3) is 5.69 Å². The fraction of sp³-hybridized carbons (Fsp3) is 0.333. The number of benzene rings is 1. The normalized spacial score (nSPS) is 10.1. The zero-order valence-corrected chi connectivity index (χ0v) is 9.40. The lowest BCUT2D eigenvalue weighted by molar-refractivity contribution is -0.385. The lowest BCUT2D eigenvalue weighted by atomic mass is 10.1. The van der Waals surface area contributed by atoms with E-state index in [0.717, 1.165) is 24.2 Å². The third-order valence-corrected chi connectivity index (χ3v) is 2.19. The van der Waals surface area contributed by atoms with Gasteiger partial charge < -0.3 is 5.32 Å². The van der Waals surface area contributed by atoms with Gasteiger partial charge in [-0.25, -0.2) is 0 Å². The summed E-state index contributed by atoms with van der Waals surface area (Å²) in [5.74, 6) is 0. The van der Waals surface area contributed by atoms with Crippen LogP contribution < -0.4 is 5.32 Å². The fourth-order valence-electron chi connectivity index (χ4n) is 1.43. The number of nitro benzene ring substituents is 1. The van der Waals surface area contributed by atoms with Crippen LogP contribution in [0, 0.1) is 10.1 Å². The van der Waals surface area contributed by atoms with Crippen LogP contribution in [0.5, 0.6) is 0 Å². The molecule has 86 valence electrons. The van der Waals surface area contributed by atoms with Crippen molar-refractivity contribution < 1.29 is 4.92 Å². The largest absolute Gasteiger partial charge is 0.313 e. The molecule has 0 saturated carbocycles. The summed E-state index contributed by atoms with van der Waals surface area (Å²) in [4.78, 5) is 10.4. The van der Waals surface area contributed by atoms with Crippen molar-refractivity contribution in [2.24, 2.45) is 0 Å². The quantitative estimate of drug-likeness (QED) is 0.346. The van der Waals surface area contributed by atoms with E-state index in [9.17, 15) is 10.1 Å². The van der Waals surface area contributed by atoms with Crippen LogP contribution in [0.25, 0.3) is 0 Å². The summed E-state index contributed by atoms with van der Waals surface area (Å²) in [6, 6.07) is 6.83. The fourth-order valence-corrected chi connectivity index (χ4v) is 1.43. The van der Waals surface area contributed by atoms with Crippen molar-refractivity contribution in [1.82, 2.24) is 5.32 Å². The zero-order chi connectivity index (χ0) is 12.0. The molecule has 0 heterocycles. The minimum atomic E-state index is -0.339. The van der Waals surface area contributed by atoms with Crippen molar-refractivity contribution in [3.8, 4) is 0 Å². The van der Waals surface area contributed by atoms with E-state index >= 15 is 0 Å². The molecular formula is C12H16N2O2. The molecule has 0 bridgehead atoms. The first-order valence-corrected chi connectivity index (χ1v) is 5.18. The van der Waals surface area contributed by atoms with Crippen LogP contribution in [-0.2, 0) is 6.42 Å². The average Bonchev–Trinajstić information content (AvgIpc) is 2.24. The molecule has 1 rings (SSSR count). The molecule has 0 unspecified atom stereocenters. The van der Waals surface area contributed by atoms with Gasteiger partial charge in [-0.05, 0) is 19.9 Å². The second-order valence-electron chi connectivity index (χ2n) is 3.77. The van der Waals surface area contributed by atoms with Crippen LogP contribution in [0.2, 0.25) is 0 Å². The Hall–Kier alpha value is -1.68. The molecule has 0 saturated heterocycles. The highest BCUT2D eigenvalue weighted by atomic mass is 16.6. The van der Waals surface area contributed by atoms with Gasteiger partial charge in [0.05, 0.1) is 4.92 Å². The Morgan fingerprint density at radius 1 is 1.50 bits per heavy atom. The van der Waals surface area contributed by atoms with E-state index in [4.69, 9.17) is 0 Å². The van der Waals surface area contributed by atoms with Crippen LogP contribution in [0.1, 0.15) is 12.5 Å². The number of nitro groups is 1. The van der Waals surface area contributed by atoms with E-state index in [1.807, 2.05) is 13.0 Å². The summed E-state index contributed by atoms with van der Waals surface area (Å²) in [6.07, 6.45) is 0.657. The summed E-state index contributed by atoms with van der Waals surface area (Å²) in [5.41, 5.74) is 2.02. The van der Waals surface area contributed by atoms with Crippen molar-refractivity contribution in [3.05, 3.63) is 52.1 Å². The summed E-state index contributed by atoms with van der Waals surface area (Å²) >= 11 is 0. The van der Waals surface area contributed by atoms with E-state index in [1.165, 1.54) is 6.07 Å². The van der Waals surface area contributed by atoms with Gasteiger partial charge in [0.1, 0.15) is 0 Å². The predicted octanol–water partition coefficient (Wildman–Crippen LogP) is 2.30. The van der Waals surface area contributed by atoms with Crippen LogP contribution >= 0.6 is 0 Å². The molecule has 0 aliphatic rings. The smallest absolute Gasteiger partial charge is 0.272 e. The molecule has 0 atom stereocenters. The molecule has 0 fully saturated rings. The Balaban J connectivity index is 2.53. The second kappa shape index (κ2) is 6.02. The molecule has 0 aromatic heterocycles. The van der Waals surface area contributed by atoms with Gasteiger partial charge in [-0.1, -0.05) is 30.4 Å². The van der Waals surface area contributed by atoms with E-state index in [0.29, 0.717) is 6.42 Å². The highest BCUT2D eigenvalue weighted by Gasteiger charge is 2.10. The van der Waals surface area contributed by atoms with Crippen molar-refractivity contribution in [3.63, 3.8) is 0 Å². The summed E-state index contributed by atoms with van der Waals surface area (Å²) in [5, 5.41) is 13.9. The van der Waals surface area contributed by atoms with Crippen molar-refractivity contribution in [1.29, 1.82) is 0 Å². The molecule has 0 radical (unpaired) electrons. The lowest BCUT2D eigenvalue weighted by Crippen LogP contribution is -2.19. The maximum Gasteiger partial charge on any atom is 0.272 e. The maximum atomic E-state index is 10.7. The number of para-hydroxylation sites is 1. The standard InChI is InChI=1S/C12H16N2O2/c1-10(2)9-13-8-7-11-5-3-4-6-12(11)14(15)16/h3-6,13H,1,7-9H2,2H3. The van der Waals surface area contributed by atoms with Gasteiger partial charge in [0.2, 0.25) is 0 Å². The summed E-state index contributed by atoms with van der Waals surface area (Å²) in [7, 11) is 0. The Kier molecular flexibility index (Phi) is 4.66. The third-order valence-electron chi connectivity index (χ3n) is 2.19. The third kappa shape index (κ3) is 3.82. The Morgan fingerprint density at radius 2 is 2.19 bits per heavy atom. The molecule has 0 spiro atoms. The molecule has 1 N–H and O–H groups in total. The van der Waals surface area contributed by atoms with Gasteiger partial charge in [0.15, 0.2) is 0 Å². The van der Waals surface area contributed by atoms with E-state index in [-0.39, 0.29) is 10.6 Å². The van der Waals surface area contributed by atoms with Gasteiger partial charge >= 0.3 is 0 Å². The first-order valence-electron chi connectivity index (χ1n) is 5.18. The molecule has 16 heavy (non-hydrogen) atoms. The van der Waals surface area contributed by atoms with Crippen LogP contribution in [-0.4, -0.2) is 18.0 Å². The number of hydrogen-bond acceptors (Lipinski definition) is 3. The molecule has 0 amide bonds. The molecular weight excluding hydrogens is 204 g/mol. The average molecular weight is 220 g/mol. The number of nitrogens with one attached hydrogen (secondary N) is 1. The summed E-state index contributed by atoms with van der Waals surface area (Å²) in [6.45, 7) is 7.19. The van der Waals surface area contributed by atoms with E-state index in [2.05, 4.69) is 11.9 Å². The molecule has 0 aliphatic carbocycles. The number of rotatable bonds is 6. The van der Waals surface area contributed by atoms with Crippen molar-refractivity contribution in [2.75, 3.05) is 13.1 Å². The molecule has 1 aromatic rings. The number of hydrogen-bond donors (Lipinski definition) is 1. The molecule has 4 heteroatoms. The first-order chi connectivity index (χ1) is 7.61. The zero-order valence-electron chi connectivity index (χ0n) is 9.40. The van der Waals surface area contributed by atoms with Gasteiger partial charge in [0, 0.05) is 18.2 Å². The SMILES string of the molecule is C=C(C)CNCCc1ccccc1[N+](=O)[O-]. The molecule has 1 aromatic carbocycles. The highest BCUT2D eigenvalue weighted by Crippen LogP contribution is 2.17. The Bertz CT molecular complexity index is 388. The lowest BCUT2D eigenvalue weighted by Gasteiger charge is -2.04. The minimum absolute atomic E-state index is 0.194. The number of nitrogens with zero attached hydrogens (tertiary/aromatic N) is 1. The van der Waals surface area contributed by atoms with E-state index in [1.54, 1.807) is 12.1 Å². The van der Waals surface area contributed by atoms with Crippen molar-refractivity contribution in [2.45, 2.75) is 13.3 Å². The van der Waals surface area contributed by atoms with E-state index < -0.39 is 0 Å². The van der Waals surface area contributed by atoms with Crippen LogP contribution in [0.4, 0.5) is 5.69 Å². The first kappa shape index (κ1) is 12.4. The Labute approximate surface area is 95.1 Å².